The maximum Gasteiger partial charge on any atom is 0.244 e. The highest BCUT2D eigenvalue weighted by molar-refractivity contribution is 7.92. The smallest absolute Gasteiger partial charge is 0.244 e. The highest BCUT2D eigenvalue weighted by Crippen LogP contribution is 2.35. The van der Waals surface area contributed by atoms with Crippen LogP contribution in [0.3, 0.4) is 0 Å². The Morgan fingerprint density at radius 2 is 1.68 bits per heavy atom. The summed E-state index contributed by atoms with van der Waals surface area (Å²) in [6.45, 7) is 3.35. The van der Waals surface area contributed by atoms with Crippen LogP contribution < -0.4 is 9.62 Å². The molecule has 0 saturated heterocycles. The fraction of sp³-hybridized carbons (Fsp3) is 0.364. The first-order valence-corrected chi connectivity index (χ1v) is 13.6. The van der Waals surface area contributed by atoms with Crippen molar-refractivity contribution < 1.29 is 18.0 Å². The Morgan fingerprint density at radius 3 is 2.26 bits per heavy atom. The highest BCUT2D eigenvalue weighted by atomic mass is 35.5. The Balaban J connectivity index is 2.44. The molecule has 34 heavy (non-hydrogen) atoms. The number of halogens is 4. The standard InChI is InChI=1S/C22H25Cl4N3O4S/c1-4-8-27-22(31)14(2)28(12-15-6-5-7-16(23)9-15)21(30)13-29(34(3,32)33)20-11-18(25)17(24)10-19(20)26/h5-7,9-11,14H,4,8,12-13H2,1-3H3,(H,27,31). The Hall–Kier alpha value is -1.71. The minimum Gasteiger partial charge on any atom is -0.354 e. The lowest BCUT2D eigenvalue weighted by molar-refractivity contribution is -0.139. The van der Waals surface area contributed by atoms with Crippen LogP contribution >= 0.6 is 46.4 Å². The van der Waals surface area contributed by atoms with Gasteiger partial charge in [0, 0.05) is 18.1 Å². The van der Waals surface area contributed by atoms with E-state index in [1.54, 1.807) is 31.2 Å². The number of anilines is 1. The number of benzene rings is 2. The maximum atomic E-state index is 13.5. The molecule has 0 aliphatic rings. The highest BCUT2D eigenvalue weighted by Gasteiger charge is 2.31. The van der Waals surface area contributed by atoms with Gasteiger partial charge >= 0.3 is 0 Å². The fourth-order valence-electron chi connectivity index (χ4n) is 3.11. The van der Waals surface area contributed by atoms with Crippen LogP contribution in [0.4, 0.5) is 5.69 Å². The van der Waals surface area contributed by atoms with Gasteiger partial charge in [-0.2, -0.15) is 0 Å². The quantitative estimate of drug-likeness (QED) is 0.408. The predicted molar refractivity (Wildman–Crippen MR) is 138 cm³/mol. The zero-order valence-corrected chi connectivity index (χ0v) is 22.7. The second-order valence-electron chi connectivity index (χ2n) is 7.61. The van der Waals surface area contributed by atoms with Gasteiger partial charge in [0.1, 0.15) is 12.6 Å². The summed E-state index contributed by atoms with van der Waals surface area (Å²) >= 11 is 24.3. The second kappa shape index (κ2) is 12.3. The SMILES string of the molecule is CCCNC(=O)C(C)N(Cc1cccc(Cl)c1)C(=O)CN(c1cc(Cl)c(Cl)cc1Cl)S(C)(=O)=O. The Bertz CT molecular complexity index is 1160. The van der Waals surface area contributed by atoms with Gasteiger partial charge < -0.3 is 10.2 Å². The molecule has 2 rings (SSSR count). The number of carbonyl (C=O) groups is 2. The summed E-state index contributed by atoms with van der Waals surface area (Å²) in [6.07, 6.45) is 1.66. The monoisotopic (exact) mass is 567 g/mol. The zero-order valence-electron chi connectivity index (χ0n) is 18.8. The first-order chi connectivity index (χ1) is 15.8. The van der Waals surface area contributed by atoms with Crippen molar-refractivity contribution in [2.24, 2.45) is 0 Å². The van der Waals surface area contributed by atoms with E-state index in [0.717, 1.165) is 17.0 Å². The Labute approximate surface area is 220 Å². The van der Waals surface area contributed by atoms with Crippen molar-refractivity contribution in [3.63, 3.8) is 0 Å². The largest absolute Gasteiger partial charge is 0.354 e. The molecule has 0 spiro atoms. The van der Waals surface area contributed by atoms with Gasteiger partial charge in [0.25, 0.3) is 0 Å². The van der Waals surface area contributed by atoms with Gasteiger partial charge in [-0.05, 0) is 43.2 Å². The van der Waals surface area contributed by atoms with E-state index in [9.17, 15) is 18.0 Å². The molecular formula is C22H25Cl4N3O4S. The minimum atomic E-state index is -3.96. The molecular weight excluding hydrogens is 544 g/mol. The summed E-state index contributed by atoms with van der Waals surface area (Å²) in [5.41, 5.74) is 0.673. The fourth-order valence-corrected chi connectivity index (χ4v) is 4.87. The van der Waals surface area contributed by atoms with Crippen LogP contribution in [0.5, 0.6) is 0 Å². The molecule has 0 heterocycles. The zero-order chi connectivity index (χ0) is 25.6. The molecule has 12 heteroatoms. The van der Waals surface area contributed by atoms with Gasteiger partial charge in [-0.1, -0.05) is 65.5 Å². The van der Waals surface area contributed by atoms with Crippen LogP contribution in [-0.4, -0.2) is 50.5 Å². The first-order valence-electron chi connectivity index (χ1n) is 10.3. The molecule has 0 radical (unpaired) electrons. The van der Waals surface area contributed by atoms with Gasteiger partial charge in [-0.25, -0.2) is 8.42 Å². The van der Waals surface area contributed by atoms with E-state index in [2.05, 4.69) is 5.32 Å². The van der Waals surface area contributed by atoms with Crippen LogP contribution in [0.15, 0.2) is 36.4 Å². The third kappa shape index (κ3) is 7.65. The summed E-state index contributed by atoms with van der Waals surface area (Å²) in [6, 6.07) is 8.53. The van der Waals surface area contributed by atoms with Crippen LogP contribution in [0.25, 0.3) is 0 Å². The van der Waals surface area contributed by atoms with E-state index >= 15 is 0 Å². The van der Waals surface area contributed by atoms with E-state index in [-0.39, 0.29) is 33.2 Å². The van der Waals surface area contributed by atoms with Crippen molar-refractivity contribution in [3.8, 4) is 0 Å². The van der Waals surface area contributed by atoms with Crippen LogP contribution in [0.1, 0.15) is 25.8 Å². The van der Waals surface area contributed by atoms with E-state index in [4.69, 9.17) is 46.4 Å². The number of sulfonamides is 1. The molecule has 0 fully saturated rings. The van der Waals surface area contributed by atoms with Gasteiger partial charge in [0.05, 0.1) is 27.0 Å². The number of nitrogens with zero attached hydrogens (tertiary/aromatic N) is 2. The third-order valence-electron chi connectivity index (χ3n) is 4.90. The number of amides is 2. The molecule has 2 aromatic carbocycles. The number of hydrogen-bond acceptors (Lipinski definition) is 4. The normalized spacial score (nSPS) is 12.2. The average molecular weight is 569 g/mol. The summed E-state index contributed by atoms with van der Waals surface area (Å²) in [7, 11) is -3.96. The number of rotatable bonds is 10. The van der Waals surface area contributed by atoms with Crippen molar-refractivity contribution in [1.29, 1.82) is 0 Å². The molecule has 0 saturated carbocycles. The molecule has 2 amide bonds. The van der Waals surface area contributed by atoms with Crippen molar-refractivity contribution in [2.45, 2.75) is 32.9 Å². The van der Waals surface area contributed by atoms with E-state index < -0.39 is 28.5 Å². The van der Waals surface area contributed by atoms with Crippen LogP contribution in [0.2, 0.25) is 20.1 Å². The van der Waals surface area contributed by atoms with Crippen LogP contribution in [-0.2, 0) is 26.2 Å². The molecule has 0 aliphatic heterocycles. The number of nitrogens with one attached hydrogen (secondary N) is 1. The average Bonchev–Trinajstić information content (AvgIpc) is 2.75. The predicted octanol–water partition coefficient (Wildman–Crippen LogP) is 5.01. The molecule has 1 unspecified atom stereocenters. The van der Waals surface area contributed by atoms with E-state index in [0.29, 0.717) is 17.1 Å². The molecule has 186 valence electrons. The van der Waals surface area contributed by atoms with Gasteiger partial charge in [-0.15, -0.1) is 0 Å². The minimum absolute atomic E-state index is 0.00212. The Kier molecular flexibility index (Phi) is 10.3. The molecule has 0 aromatic heterocycles. The molecule has 0 aliphatic carbocycles. The van der Waals surface area contributed by atoms with Gasteiger partial charge in [0.15, 0.2) is 0 Å². The Morgan fingerprint density at radius 1 is 1.03 bits per heavy atom. The number of hydrogen-bond donors (Lipinski definition) is 1. The summed E-state index contributed by atoms with van der Waals surface area (Å²) in [4.78, 5) is 27.4. The molecule has 2 aromatic rings. The third-order valence-corrected chi connectivity index (χ3v) is 7.28. The van der Waals surface area contributed by atoms with Crippen molar-refractivity contribution >= 4 is 73.9 Å². The van der Waals surface area contributed by atoms with Crippen LogP contribution in [0, 0.1) is 0 Å². The molecule has 7 nitrogen and oxygen atoms in total. The van der Waals surface area contributed by atoms with Gasteiger partial charge in [-0.3, -0.25) is 13.9 Å². The second-order valence-corrected chi connectivity index (χ2v) is 11.2. The summed E-state index contributed by atoms with van der Waals surface area (Å²) in [5, 5.41) is 3.44. The molecule has 0 bridgehead atoms. The lowest BCUT2D eigenvalue weighted by Gasteiger charge is -2.31. The lowest BCUT2D eigenvalue weighted by Crippen LogP contribution is -2.51. The molecule has 1 atom stereocenters. The van der Waals surface area contributed by atoms with Crippen molar-refractivity contribution in [1.82, 2.24) is 10.2 Å². The van der Waals surface area contributed by atoms with Crippen molar-refractivity contribution in [3.05, 3.63) is 62.1 Å². The summed E-state index contributed by atoms with van der Waals surface area (Å²) < 4.78 is 26.1. The topological polar surface area (TPSA) is 86.8 Å². The molecule has 1 N–H and O–H groups in total. The first kappa shape index (κ1) is 28.5. The maximum absolute atomic E-state index is 13.5. The number of carbonyl (C=O) groups excluding carboxylic acids is 2. The lowest BCUT2D eigenvalue weighted by atomic mass is 10.1. The van der Waals surface area contributed by atoms with E-state index in [1.807, 2.05) is 6.92 Å². The van der Waals surface area contributed by atoms with Crippen molar-refractivity contribution in [2.75, 3.05) is 23.7 Å². The van der Waals surface area contributed by atoms with E-state index in [1.165, 1.54) is 17.0 Å². The van der Waals surface area contributed by atoms with Gasteiger partial charge in [0.2, 0.25) is 21.8 Å². The summed E-state index contributed by atoms with van der Waals surface area (Å²) in [5.74, 6) is -0.984.